The number of aromatic nitrogens is 2. The molecule has 1 heterocycles. The molecule has 1 aromatic heterocycles. The van der Waals surface area contributed by atoms with E-state index in [0.29, 0.717) is 5.95 Å². The lowest BCUT2D eigenvalue weighted by atomic mass is 10.1. The molecule has 21 heavy (non-hydrogen) atoms. The van der Waals surface area contributed by atoms with Crippen LogP contribution in [0.15, 0.2) is 24.3 Å². The monoisotopic (exact) mass is 284 g/mol. The highest BCUT2D eigenvalue weighted by Gasteiger charge is 2.09. The Morgan fingerprint density at radius 3 is 2.29 bits per heavy atom. The molecular formula is C17H24N4. The predicted molar refractivity (Wildman–Crippen MR) is 89.5 cm³/mol. The number of nitrogens with zero attached hydrogens (tertiary/aromatic N) is 3. The molecule has 0 saturated carbocycles. The van der Waals surface area contributed by atoms with E-state index in [9.17, 15) is 0 Å². The van der Waals surface area contributed by atoms with Gasteiger partial charge in [0.25, 0.3) is 0 Å². The van der Waals surface area contributed by atoms with E-state index < -0.39 is 0 Å². The molecule has 2 aromatic rings. The van der Waals surface area contributed by atoms with Crippen LogP contribution in [0.5, 0.6) is 0 Å². The van der Waals surface area contributed by atoms with Crippen LogP contribution >= 0.6 is 0 Å². The summed E-state index contributed by atoms with van der Waals surface area (Å²) in [6, 6.07) is 8.53. The number of nitrogens with one attached hydrogen (secondary N) is 1. The van der Waals surface area contributed by atoms with Crippen LogP contribution in [0, 0.1) is 20.8 Å². The quantitative estimate of drug-likeness (QED) is 0.901. The third-order valence-electron chi connectivity index (χ3n) is 3.31. The Labute approximate surface area is 127 Å². The number of hydrogen-bond acceptors (Lipinski definition) is 4. The SMILES string of the molecule is CCCNc1nc(C)cc(N(C)c2cc(C)cc(C)c2)n1. The van der Waals surface area contributed by atoms with E-state index in [2.05, 4.69) is 59.2 Å². The van der Waals surface area contributed by atoms with Gasteiger partial charge in [-0.3, -0.25) is 0 Å². The summed E-state index contributed by atoms with van der Waals surface area (Å²) < 4.78 is 0. The first-order chi connectivity index (χ1) is 9.99. The van der Waals surface area contributed by atoms with Gasteiger partial charge in [-0.2, -0.15) is 4.98 Å². The number of anilines is 3. The van der Waals surface area contributed by atoms with Gasteiger partial charge in [0.05, 0.1) is 0 Å². The lowest BCUT2D eigenvalue weighted by molar-refractivity contribution is 0.941. The predicted octanol–water partition coefficient (Wildman–Crippen LogP) is 3.99. The van der Waals surface area contributed by atoms with Crippen molar-refractivity contribution in [1.82, 2.24) is 9.97 Å². The van der Waals surface area contributed by atoms with Crippen molar-refractivity contribution in [3.8, 4) is 0 Å². The molecule has 0 aliphatic rings. The average Bonchev–Trinajstić information content (AvgIpc) is 2.42. The summed E-state index contributed by atoms with van der Waals surface area (Å²) >= 11 is 0. The maximum atomic E-state index is 4.61. The molecule has 4 heteroatoms. The van der Waals surface area contributed by atoms with Gasteiger partial charge in [0.1, 0.15) is 5.82 Å². The Morgan fingerprint density at radius 2 is 1.67 bits per heavy atom. The van der Waals surface area contributed by atoms with Crippen molar-refractivity contribution in [1.29, 1.82) is 0 Å². The van der Waals surface area contributed by atoms with E-state index >= 15 is 0 Å². The van der Waals surface area contributed by atoms with Crippen LogP contribution in [0.4, 0.5) is 17.5 Å². The van der Waals surface area contributed by atoms with Crippen LogP contribution in [0.3, 0.4) is 0 Å². The largest absolute Gasteiger partial charge is 0.354 e. The first-order valence-electron chi connectivity index (χ1n) is 7.41. The zero-order chi connectivity index (χ0) is 15.4. The third kappa shape index (κ3) is 3.94. The van der Waals surface area contributed by atoms with Crippen LogP contribution in [-0.4, -0.2) is 23.6 Å². The van der Waals surface area contributed by atoms with E-state index in [1.165, 1.54) is 11.1 Å². The van der Waals surface area contributed by atoms with Gasteiger partial charge in [0.15, 0.2) is 0 Å². The molecule has 0 radical (unpaired) electrons. The normalized spacial score (nSPS) is 10.5. The van der Waals surface area contributed by atoms with Gasteiger partial charge in [0, 0.05) is 31.0 Å². The van der Waals surface area contributed by atoms with Crippen LogP contribution in [0.25, 0.3) is 0 Å². The fraction of sp³-hybridized carbons (Fsp3) is 0.412. The molecule has 0 aliphatic heterocycles. The van der Waals surface area contributed by atoms with Crippen LogP contribution in [-0.2, 0) is 0 Å². The van der Waals surface area contributed by atoms with Crippen molar-refractivity contribution >= 4 is 17.5 Å². The van der Waals surface area contributed by atoms with E-state index in [1.54, 1.807) is 0 Å². The minimum Gasteiger partial charge on any atom is -0.354 e. The molecule has 0 spiro atoms. The summed E-state index contributed by atoms with van der Waals surface area (Å²) in [5, 5.41) is 3.26. The summed E-state index contributed by atoms with van der Waals surface area (Å²) in [6.45, 7) is 9.24. The molecule has 112 valence electrons. The minimum absolute atomic E-state index is 0.697. The second-order valence-corrected chi connectivity index (χ2v) is 5.52. The van der Waals surface area contributed by atoms with Gasteiger partial charge in [-0.1, -0.05) is 13.0 Å². The van der Waals surface area contributed by atoms with Gasteiger partial charge in [-0.05, 0) is 50.5 Å². The van der Waals surface area contributed by atoms with E-state index in [1.807, 2.05) is 20.0 Å². The Morgan fingerprint density at radius 1 is 1.00 bits per heavy atom. The van der Waals surface area contributed by atoms with E-state index in [0.717, 1.165) is 30.2 Å². The molecule has 0 unspecified atom stereocenters. The highest BCUT2D eigenvalue weighted by molar-refractivity contribution is 5.62. The maximum absolute atomic E-state index is 4.61. The van der Waals surface area contributed by atoms with Gasteiger partial charge in [-0.15, -0.1) is 0 Å². The first kappa shape index (κ1) is 15.3. The second kappa shape index (κ2) is 6.57. The molecule has 0 atom stereocenters. The summed E-state index contributed by atoms with van der Waals surface area (Å²) in [6.07, 6.45) is 1.06. The number of benzene rings is 1. The molecule has 0 amide bonds. The topological polar surface area (TPSA) is 41.1 Å². The van der Waals surface area contributed by atoms with Crippen molar-refractivity contribution in [2.24, 2.45) is 0 Å². The Kier molecular flexibility index (Phi) is 4.78. The summed E-state index contributed by atoms with van der Waals surface area (Å²) in [4.78, 5) is 11.1. The third-order valence-corrected chi connectivity index (χ3v) is 3.31. The van der Waals surface area contributed by atoms with Crippen LogP contribution in [0.1, 0.15) is 30.2 Å². The number of rotatable bonds is 5. The van der Waals surface area contributed by atoms with E-state index in [-0.39, 0.29) is 0 Å². The zero-order valence-electron chi connectivity index (χ0n) is 13.6. The Balaban J connectivity index is 2.33. The molecule has 1 N–H and O–H groups in total. The molecule has 1 aromatic carbocycles. The van der Waals surface area contributed by atoms with Crippen molar-refractivity contribution in [2.45, 2.75) is 34.1 Å². The van der Waals surface area contributed by atoms with Crippen molar-refractivity contribution < 1.29 is 0 Å². The summed E-state index contributed by atoms with van der Waals surface area (Å²) in [7, 11) is 2.04. The molecule has 0 aliphatic carbocycles. The van der Waals surface area contributed by atoms with Crippen LogP contribution in [0.2, 0.25) is 0 Å². The van der Waals surface area contributed by atoms with Gasteiger partial charge >= 0.3 is 0 Å². The lowest BCUT2D eigenvalue weighted by Crippen LogP contribution is -2.14. The maximum Gasteiger partial charge on any atom is 0.224 e. The Bertz CT molecular complexity index is 602. The highest BCUT2D eigenvalue weighted by atomic mass is 15.2. The van der Waals surface area contributed by atoms with Crippen molar-refractivity contribution in [2.75, 3.05) is 23.8 Å². The highest BCUT2D eigenvalue weighted by Crippen LogP contribution is 2.25. The number of aryl methyl sites for hydroxylation is 3. The fourth-order valence-corrected chi connectivity index (χ4v) is 2.32. The van der Waals surface area contributed by atoms with Gasteiger partial charge in [-0.25, -0.2) is 4.98 Å². The van der Waals surface area contributed by atoms with Gasteiger partial charge in [0.2, 0.25) is 5.95 Å². The molecule has 0 fully saturated rings. The van der Waals surface area contributed by atoms with Crippen molar-refractivity contribution in [3.05, 3.63) is 41.1 Å². The molecule has 2 rings (SSSR count). The lowest BCUT2D eigenvalue weighted by Gasteiger charge is -2.20. The van der Waals surface area contributed by atoms with Crippen LogP contribution < -0.4 is 10.2 Å². The minimum atomic E-state index is 0.697. The summed E-state index contributed by atoms with van der Waals surface area (Å²) in [5.41, 5.74) is 4.63. The van der Waals surface area contributed by atoms with Gasteiger partial charge < -0.3 is 10.2 Å². The average molecular weight is 284 g/mol. The van der Waals surface area contributed by atoms with E-state index in [4.69, 9.17) is 0 Å². The number of hydrogen-bond donors (Lipinski definition) is 1. The molecular weight excluding hydrogens is 260 g/mol. The molecule has 4 nitrogen and oxygen atoms in total. The first-order valence-corrected chi connectivity index (χ1v) is 7.41. The fourth-order valence-electron chi connectivity index (χ4n) is 2.32. The second-order valence-electron chi connectivity index (χ2n) is 5.52. The standard InChI is InChI=1S/C17H24N4/c1-6-7-18-17-19-14(4)11-16(20-17)21(5)15-9-12(2)8-13(3)10-15/h8-11H,6-7H2,1-5H3,(H,18,19,20). The van der Waals surface area contributed by atoms with Crippen molar-refractivity contribution in [3.63, 3.8) is 0 Å². The summed E-state index contributed by atoms with van der Waals surface area (Å²) in [5.74, 6) is 1.61. The zero-order valence-corrected chi connectivity index (χ0v) is 13.6. The molecule has 0 bridgehead atoms. The Hall–Kier alpha value is -2.10. The molecule has 0 saturated heterocycles. The smallest absolute Gasteiger partial charge is 0.224 e.